The zero-order valence-corrected chi connectivity index (χ0v) is 11.8. The van der Waals surface area contributed by atoms with Crippen LogP contribution in [0.25, 0.3) is 0 Å². The average molecular weight is 297 g/mol. The topological polar surface area (TPSA) is 95.9 Å². The predicted octanol–water partition coefficient (Wildman–Crippen LogP) is 2.52. The molecule has 1 aliphatic heterocycles. The molecule has 2 atom stereocenters. The second-order valence-corrected chi connectivity index (χ2v) is 6.68. The van der Waals surface area contributed by atoms with Gasteiger partial charge in [-0.05, 0) is 25.5 Å². The van der Waals surface area contributed by atoms with Gasteiger partial charge in [0.2, 0.25) is 0 Å². The van der Waals surface area contributed by atoms with E-state index in [0.29, 0.717) is 5.56 Å². The van der Waals surface area contributed by atoms with Crippen LogP contribution in [0.15, 0.2) is 24.3 Å². The predicted molar refractivity (Wildman–Crippen MR) is 73.8 cm³/mol. The number of carbonyl (C=O) groups is 2. The number of carboxylic acid groups (broad SMARTS) is 2. The molecular formula is C13H15NO5S. The normalized spacial score (nSPS) is 24.3. The van der Waals surface area contributed by atoms with Gasteiger partial charge >= 0.3 is 12.1 Å². The van der Waals surface area contributed by atoms with Crippen LogP contribution in [0.4, 0.5) is 4.79 Å². The highest BCUT2D eigenvalue weighted by Gasteiger charge is 2.44. The quantitative estimate of drug-likeness (QED) is 0.738. The van der Waals surface area contributed by atoms with Crippen LogP contribution < -0.4 is 5.32 Å². The summed E-state index contributed by atoms with van der Waals surface area (Å²) >= 11 is 1.44. The van der Waals surface area contributed by atoms with Crippen LogP contribution >= 0.6 is 11.8 Å². The van der Waals surface area contributed by atoms with Crippen molar-refractivity contribution in [1.82, 2.24) is 5.32 Å². The molecule has 6 nitrogen and oxygen atoms in total. The summed E-state index contributed by atoms with van der Waals surface area (Å²) in [6, 6.07) is 6.65. The molecule has 1 unspecified atom stereocenters. The number of aromatic carboxylic acids is 1. The maximum absolute atomic E-state index is 11.2. The first kappa shape index (κ1) is 14.7. The average Bonchev–Trinajstić information content (AvgIpc) is 2.64. The number of hydrogen-bond donors (Lipinski definition) is 3. The van der Waals surface area contributed by atoms with Gasteiger partial charge in [0.1, 0.15) is 0 Å². The summed E-state index contributed by atoms with van der Waals surface area (Å²) in [5.74, 6) is -1.01. The third-order valence-electron chi connectivity index (χ3n) is 3.05. The van der Waals surface area contributed by atoms with E-state index in [1.165, 1.54) is 17.8 Å². The molecule has 1 heterocycles. The van der Waals surface area contributed by atoms with Crippen molar-refractivity contribution < 1.29 is 24.5 Å². The summed E-state index contributed by atoms with van der Waals surface area (Å²) in [5, 5.41) is 20.6. The van der Waals surface area contributed by atoms with Crippen molar-refractivity contribution in [3.63, 3.8) is 0 Å². The Morgan fingerprint density at radius 3 is 2.55 bits per heavy atom. The Labute approximate surface area is 120 Å². The summed E-state index contributed by atoms with van der Waals surface area (Å²) in [5.41, 5.74) is 0.804. The molecule has 7 heteroatoms. The van der Waals surface area contributed by atoms with Gasteiger partial charge in [0.25, 0.3) is 0 Å². The Balaban J connectivity index is 2.28. The van der Waals surface area contributed by atoms with Gasteiger partial charge in [-0.1, -0.05) is 18.2 Å². The zero-order chi connectivity index (χ0) is 14.9. The van der Waals surface area contributed by atoms with Crippen LogP contribution in [0.2, 0.25) is 0 Å². The van der Waals surface area contributed by atoms with Gasteiger partial charge in [0, 0.05) is 0 Å². The van der Waals surface area contributed by atoms with E-state index in [4.69, 9.17) is 9.84 Å². The fraction of sp³-hybridized carbons (Fsp3) is 0.385. The van der Waals surface area contributed by atoms with E-state index in [1.54, 1.807) is 18.2 Å². The van der Waals surface area contributed by atoms with Crippen LogP contribution in [-0.4, -0.2) is 33.3 Å². The number of rotatable bonds is 3. The molecule has 2 rings (SSSR count). The maximum atomic E-state index is 11.2. The van der Waals surface area contributed by atoms with Gasteiger partial charge in [0.05, 0.1) is 15.7 Å². The minimum absolute atomic E-state index is 0.198. The minimum Gasteiger partial charge on any atom is -0.478 e. The Kier molecular flexibility index (Phi) is 3.92. The standard InChI is InChI=1S/C13H15NO5S/c1-13(2)11(19-12(17)18)14-9(20-13)7-5-3-4-6-8(7)10(15)16/h3-6,9,11,14H,1-2H3,(H,15,16)(H,17,18)/t9?,11-/m0/s1. The molecule has 0 spiro atoms. The highest BCUT2D eigenvalue weighted by atomic mass is 32.2. The van der Waals surface area contributed by atoms with E-state index in [0.717, 1.165) is 0 Å². The molecule has 0 bridgehead atoms. The third kappa shape index (κ3) is 2.88. The van der Waals surface area contributed by atoms with E-state index in [1.807, 2.05) is 13.8 Å². The lowest BCUT2D eigenvalue weighted by molar-refractivity contribution is 0.0273. The molecule has 1 aromatic carbocycles. The van der Waals surface area contributed by atoms with Gasteiger partial charge < -0.3 is 14.9 Å². The number of carboxylic acids is 1. The molecule has 0 aromatic heterocycles. The number of nitrogens with one attached hydrogen (secondary N) is 1. The second-order valence-electron chi connectivity index (χ2n) is 4.92. The smallest absolute Gasteiger partial charge is 0.478 e. The number of thioether (sulfide) groups is 1. The van der Waals surface area contributed by atoms with Gasteiger partial charge in [-0.25, -0.2) is 9.59 Å². The molecule has 0 radical (unpaired) electrons. The van der Waals surface area contributed by atoms with Gasteiger partial charge in [-0.15, -0.1) is 11.8 Å². The highest BCUT2D eigenvalue weighted by Crippen LogP contribution is 2.46. The monoisotopic (exact) mass is 297 g/mol. The van der Waals surface area contributed by atoms with E-state index in [-0.39, 0.29) is 10.9 Å². The summed E-state index contributed by atoms with van der Waals surface area (Å²) in [6.45, 7) is 3.70. The molecule has 1 saturated heterocycles. The maximum Gasteiger partial charge on any atom is 0.507 e. The Bertz CT molecular complexity index is 545. The molecule has 20 heavy (non-hydrogen) atoms. The van der Waals surface area contributed by atoms with E-state index < -0.39 is 23.1 Å². The van der Waals surface area contributed by atoms with Crippen molar-refractivity contribution in [3.8, 4) is 0 Å². The van der Waals surface area contributed by atoms with E-state index in [2.05, 4.69) is 5.32 Å². The molecule has 0 aliphatic carbocycles. The minimum atomic E-state index is -1.36. The molecule has 1 aromatic rings. The first-order valence-electron chi connectivity index (χ1n) is 5.97. The number of benzene rings is 1. The van der Waals surface area contributed by atoms with Crippen molar-refractivity contribution >= 4 is 23.9 Å². The molecular weight excluding hydrogens is 282 g/mol. The molecule has 1 aliphatic rings. The summed E-state index contributed by atoms with van der Waals surface area (Å²) in [7, 11) is 0. The summed E-state index contributed by atoms with van der Waals surface area (Å²) in [6.07, 6.45) is -2.06. The number of hydrogen-bond acceptors (Lipinski definition) is 5. The lowest BCUT2D eigenvalue weighted by Crippen LogP contribution is -2.40. The number of ether oxygens (including phenoxy) is 1. The first-order valence-corrected chi connectivity index (χ1v) is 6.85. The molecule has 108 valence electrons. The second kappa shape index (κ2) is 5.34. The lowest BCUT2D eigenvalue weighted by atomic mass is 10.1. The SMILES string of the molecule is CC1(C)SC(c2ccccc2C(=O)O)N[C@H]1OC(=O)O. The lowest BCUT2D eigenvalue weighted by Gasteiger charge is -2.23. The van der Waals surface area contributed by atoms with E-state index in [9.17, 15) is 14.7 Å². The Hall–Kier alpha value is -1.73. The van der Waals surface area contributed by atoms with Crippen molar-refractivity contribution in [2.24, 2.45) is 0 Å². The first-order chi connectivity index (χ1) is 9.31. The summed E-state index contributed by atoms with van der Waals surface area (Å²) in [4.78, 5) is 21.9. The molecule has 0 saturated carbocycles. The largest absolute Gasteiger partial charge is 0.507 e. The fourth-order valence-electron chi connectivity index (χ4n) is 2.09. The van der Waals surface area contributed by atoms with Crippen molar-refractivity contribution in [2.45, 2.75) is 30.2 Å². The van der Waals surface area contributed by atoms with Crippen LogP contribution in [0, 0.1) is 0 Å². The van der Waals surface area contributed by atoms with Crippen molar-refractivity contribution in [2.75, 3.05) is 0 Å². The van der Waals surface area contributed by atoms with Crippen molar-refractivity contribution in [3.05, 3.63) is 35.4 Å². The van der Waals surface area contributed by atoms with Crippen molar-refractivity contribution in [1.29, 1.82) is 0 Å². The highest BCUT2D eigenvalue weighted by molar-refractivity contribution is 8.01. The Morgan fingerprint density at radius 1 is 1.30 bits per heavy atom. The van der Waals surface area contributed by atoms with Gasteiger partial charge in [-0.2, -0.15) is 0 Å². The van der Waals surface area contributed by atoms with Crippen LogP contribution in [0.1, 0.15) is 35.1 Å². The third-order valence-corrected chi connectivity index (χ3v) is 4.50. The molecule has 0 amide bonds. The fourth-order valence-corrected chi connectivity index (χ4v) is 3.46. The molecule has 1 fully saturated rings. The molecule has 3 N–H and O–H groups in total. The van der Waals surface area contributed by atoms with Crippen LogP contribution in [-0.2, 0) is 4.74 Å². The zero-order valence-electron chi connectivity index (χ0n) is 11.0. The van der Waals surface area contributed by atoms with Crippen LogP contribution in [0.3, 0.4) is 0 Å². The van der Waals surface area contributed by atoms with Crippen LogP contribution in [0.5, 0.6) is 0 Å². The van der Waals surface area contributed by atoms with E-state index >= 15 is 0 Å². The Morgan fingerprint density at radius 2 is 1.95 bits per heavy atom. The summed E-state index contributed by atoms with van der Waals surface area (Å²) < 4.78 is 4.32. The van der Waals surface area contributed by atoms with Gasteiger partial charge in [0.15, 0.2) is 6.23 Å². The van der Waals surface area contributed by atoms with Gasteiger partial charge in [-0.3, -0.25) is 5.32 Å².